The number of hydrogen-bond donors (Lipinski definition) is 3. The van der Waals surface area contributed by atoms with E-state index in [2.05, 4.69) is 11.7 Å². The van der Waals surface area contributed by atoms with Crippen molar-refractivity contribution in [1.82, 2.24) is 0 Å². The lowest BCUT2D eigenvalue weighted by atomic mass is 9.96. The number of rotatable bonds is 1. The van der Waals surface area contributed by atoms with Gasteiger partial charge >= 0.3 is 0 Å². The van der Waals surface area contributed by atoms with Crippen LogP contribution < -0.4 is 0 Å². The van der Waals surface area contributed by atoms with E-state index < -0.39 is 10.5 Å². The molecule has 0 heterocycles. The predicted molar refractivity (Wildman–Crippen MR) is 43.2 cm³/mol. The highest BCUT2D eigenvalue weighted by Crippen LogP contribution is 2.38. The average Bonchev–Trinajstić information content (AvgIpc) is 1.64. The van der Waals surface area contributed by atoms with Gasteiger partial charge in [-0.15, -0.1) is 11.7 Å². The molecule has 0 aromatic rings. The summed E-state index contributed by atoms with van der Waals surface area (Å²) < 4.78 is 0. The van der Waals surface area contributed by atoms with E-state index in [1.54, 1.807) is 20.8 Å². The second-order valence-corrected chi connectivity index (χ2v) is 4.25. The highest BCUT2D eigenvalue weighted by Gasteiger charge is 2.37. The van der Waals surface area contributed by atoms with Crippen molar-refractivity contribution in [3.05, 3.63) is 0 Å². The SMILES string of the molecule is CC(C)(C)C(O)(O)SS. The van der Waals surface area contributed by atoms with Gasteiger partial charge in [-0.05, 0) is 10.8 Å². The molecule has 0 amide bonds. The summed E-state index contributed by atoms with van der Waals surface area (Å²) >= 11 is 3.71. The van der Waals surface area contributed by atoms with Gasteiger partial charge in [0.25, 0.3) is 0 Å². The van der Waals surface area contributed by atoms with Crippen LogP contribution in [0.4, 0.5) is 0 Å². The summed E-state index contributed by atoms with van der Waals surface area (Å²) in [5, 5.41) is 16.5. The van der Waals surface area contributed by atoms with Gasteiger partial charge in [-0.25, -0.2) is 0 Å². The maximum atomic E-state index is 9.10. The zero-order chi connectivity index (χ0) is 7.71. The topological polar surface area (TPSA) is 40.5 Å². The molecule has 0 aliphatic heterocycles. The first kappa shape index (κ1) is 9.62. The minimum atomic E-state index is -1.74. The van der Waals surface area contributed by atoms with Crippen molar-refractivity contribution in [2.45, 2.75) is 25.9 Å². The van der Waals surface area contributed by atoms with Gasteiger partial charge in [0.1, 0.15) is 0 Å². The van der Waals surface area contributed by atoms with Crippen LogP contribution in [0, 0.1) is 5.41 Å². The zero-order valence-electron chi connectivity index (χ0n) is 5.75. The van der Waals surface area contributed by atoms with Crippen molar-refractivity contribution >= 4 is 22.5 Å². The Labute approximate surface area is 64.5 Å². The molecule has 0 atom stereocenters. The third-order valence-electron chi connectivity index (χ3n) is 1.10. The van der Waals surface area contributed by atoms with Crippen molar-refractivity contribution in [2.24, 2.45) is 5.41 Å². The molecule has 0 saturated heterocycles. The molecule has 0 unspecified atom stereocenters. The molecule has 2 nitrogen and oxygen atoms in total. The summed E-state index contributed by atoms with van der Waals surface area (Å²) in [5.41, 5.74) is -0.556. The van der Waals surface area contributed by atoms with E-state index >= 15 is 0 Å². The third kappa shape index (κ3) is 2.37. The highest BCUT2D eigenvalue weighted by atomic mass is 33.1. The standard InChI is InChI=1S/C5H12O2S2/c1-4(2,3)5(6,7)9-8/h6-8H,1-3H3. The summed E-state index contributed by atoms with van der Waals surface area (Å²) in [5.74, 6) is 0. The molecule has 9 heavy (non-hydrogen) atoms. The summed E-state index contributed by atoms with van der Waals surface area (Å²) in [6.45, 7) is 5.20. The lowest BCUT2D eigenvalue weighted by Gasteiger charge is -2.32. The van der Waals surface area contributed by atoms with Crippen LogP contribution in [-0.2, 0) is 0 Å². The van der Waals surface area contributed by atoms with Gasteiger partial charge in [-0.1, -0.05) is 20.8 Å². The molecule has 0 radical (unpaired) electrons. The first-order chi connectivity index (χ1) is 3.81. The second kappa shape index (κ2) is 2.70. The van der Waals surface area contributed by atoms with Crippen LogP contribution in [0.3, 0.4) is 0 Å². The monoisotopic (exact) mass is 168 g/mol. The first-order valence-electron chi connectivity index (χ1n) is 2.58. The second-order valence-electron chi connectivity index (χ2n) is 2.95. The first-order valence-corrected chi connectivity index (χ1v) is 4.45. The van der Waals surface area contributed by atoms with E-state index in [-0.39, 0.29) is 0 Å². The Bertz CT molecular complexity index is 95.6. The molecule has 0 aliphatic rings. The van der Waals surface area contributed by atoms with Crippen molar-refractivity contribution in [3.8, 4) is 0 Å². The lowest BCUT2D eigenvalue weighted by Crippen LogP contribution is -2.38. The highest BCUT2D eigenvalue weighted by molar-refractivity contribution is 8.69. The van der Waals surface area contributed by atoms with Gasteiger partial charge in [-0.2, -0.15) is 0 Å². The fourth-order valence-corrected chi connectivity index (χ4v) is 1.23. The quantitative estimate of drug-likeness (QED) is 0.313. The summed E-state index contributed by atoms with van der Waals surface area (Å²) in [6, 6.07) is 0. The van der Waals surface area contributed by atoms with E-state index in [0.29, 0.717) is 0 Å². The van der Waals surface area contributed by atoms with E-state index in [4.69, 9.17) is 10.2 Å². The Hall–Kier alpha value is 0.620. The van der Waals surface area contributed by atoms with Gasteiger partial charge in [0, 0.05) is 5.41 Å². The van der Waals surface area contributed by atoms with Gasteiger partial charge in [0.05, 0.1) is 0 Å². The van der Waals surface area contributed by atoms with Gasteiger partial charge in [-0.3, -0.25) is 0 Å². The van der Waals surface area contributed by atoms with E-state index in [9.17, 15) is 0 Å². The van der Waals surface area contributed by atoms with Crippen LogP contribution in [-0.4, -0.2) is 15.3 Å². The fraction of sp³-hybridized carbons (Fsp3) is 1.00. The Morgan fingerprint density at radius 3 is 1.56 bits per heavy atom. The molecule has 56 valence electrons. The maximum Gasteiger partial charge on any atom is 0.227 e. The molecule has 0 aliphatic carbocycles. The predicted octanol–water partition coefficient (Wildman–Crippen LogP) is 1.25. The van der Waals surface area contributed by atoms with Crippen LogP contribution >= 0.6 is 22.5 Å². The van der Waals surface area contributed by atoms with Gasteiger partial charge in [0.15, 0.2) is 0 Å². The molecule has 0 saturated carbocycles. The van der Waals surface area contributed by atoms with Crippen molar-refractivity contribution in [2.75, 3.05) is 0 Å². The van der Waals surface area contributed by atoms with Crippen LogP contribution in [0.25, 0.3) is 0 Å². The van der Waals surface area contributed by atoms with E-state index in [1.165, 1.54) is 0 Å². The molecule has 0 aromatic heterocycles. The van der Waals surface area contributed by atoms with E-state index in [0.717, 1.165) is 10.8 Å². The number of thiol groups is 1. The summed E-state index contributed by atoms with van der Waals surface area (Å²) in [6.07, 6.45) is 0. The Morgan fingerprint density at radius 1 is 1.22 bits per heavy atom. The van der Waals surface area contributed by atoms with Gasteiger partial charge in [0.2, 0.25) is 5.12 Å². The van der Waals surface area contributed by atoms with Crippen LogP contribution in [0.2, 0.25) is 0 Å². The molecular formula is C5H12O2S2. The van der Waals surface area contributed by atoms with Crippen molar-refractivity contribution in [3.63, 3.8) is 0 Å². The number of aliphatic hydroxyl groups is 2. The van der Waals surface area contributed by atoms with Crippen LogP contribution in [0.1, 0.15) is 20.8 Å². The van der Waals surface area contributed by atoms with Crippen molar-refractivity contribution < 1.29 is 10.2 Å². The average molecular weight is 168 g/mol. The summed E-state index contributed by atoms with van der Waals surface area (Å²) in [4.78, 5) is 0. The molecule has 2 N–H and O–H groups in total. The Balaban J connectivity index is 4.14. The van der Waals surface area contributed by atoms with E-state index in [1.807, 2.05) is 0 Å². The minimum Gasteiger partial charge on any atom is -0.356 e. The lowest BCUT2D eigenvalue weighted by molar-refractivity contribution is -0.147. The molecule has 0 bridgehead atoms. The van der Waals surface area contributed by atoms with Crippen LogP contribution in [0.15, 0.2) is 0 Å². The van der Waals surface area contributed by atoms with Crippen molar-refractivity contribution in [1.29, 1.82) is 0 Å². The summed E-state index contributed by atoms with van der Waals surface area (Å²) in [7, 11) is 0.740. The molecule has 0 fully saturated rings. The van der Waals surface area contributed by atoms with Gasteiger partial charge < -0.3 is 10.2 Å². The normalized spacial score (nSPS) is 14.0. The maximum absolute atomic E-state index is 9.10. The largest absolute Gasteiger partial charge is 0.356 e. The Morgan fingerprint density at radius 2 is 1.56 bits per heavy atom. The zero-order valence-corrected chi connectivity index (χ0v) is 7.46. The molecule has 0 rings (SSSR count). The molecule has 4 heteroatoms. The molecule has 0 spiro atoms. The molecular weight excluding hydrogens is 156 g/mol. The molecule has 0 aromatic carbocycles. The number of hydrogen-bond acceptors (Lipinski definition) is 4. The third-order valence-corrected chi connectivity index (χ3v) is 2.74. The van der Waals surface area contributed by atoms with Crippen LogP contribution in [0.5, 0.6) is 0 Å². The minimum absolute atomic E-state index is 0.556. The fourth-order valence-electron chi connectivity index (χ4n) is 0.137. The Kier molecular flexibility index (Phi) is 2.88. The smallest absolute Gasteiger partial charge is 0.227 e.